The molecular weight excluding hydrogens is 360 g/mol. The Morgan fingerprint density at radius 2 is 2.11 bits per heavy atom. The standard InChI is InChI=1S/C19H20N6O3/c1-27-16-4-2-3-14(22-16)12-25-10-9-21-19(26)15(25)11-17-23-18(24-28-17)13-5-7-20-8-6-13/h2-8,15H,9-12H2,1H3,(H,21,26). The van der Waals surface area contributed by atoms with Gasteiger partial charge in [0.05, 0.1) is 25.3 Å². The number of nitrogens with one attached hydrogen (secondary N) is 1. The highest BCUT2D eigenvalue weighted by molar-refractivity contribution is 5.82. The monoisotopic (exact) mass is 380 g/mol. The molecule has 1 fully saturated rings. The molecule has 4 heterocycles. The predicted molar refractivity (Wildman–Crippen MR) is 99.2 cm³/mol. The van der Waals surface area contributed by atoms with Crippen molar-refractivity contribution in [1.29, 1.82) is 0 Å². The zero-order chi connectivity index (χ0) is 19.3. The third-order valence-corrected chi connectivity index (χ3v) is 4.57. The zero-order valence-corrected chi connectivity index (χ0v) is 15.4. The number of amides is 1. The Morgan fingerprint density at radius 1 is 1.25 bits per heavy atom. The van der Waals surface area contributed by atoms with Gasteiger partial charge in [-0.1, -0.05) is 11.2 Å². The van der Waals surface area contributed by atoms with E-state index in [4.69, 9.17) is 9.26 Å². The lowest BCUT2D eigenvalue weighted by Crippen LogP contribution is -2.55. The first-order chi connectivity index (χ1) is 13.7. The minimum Gasteiger partial charge on any atom is -0.481 e. The number of piperazine rings is 1. The molecule has 0 bridgehead atoms. The number of carbonyl (C=O) groups excluding carboxylic acids is 1. The van der Waals surface area contributed by atoms with E-state index in [0.717, 1.165) is 11.3 Å². The molecule has 1 aliphatic rings. The molecule has 144 valence electrons. The molecule has 28 heavy (non-hydrogen) atoms. The highest BCUT2D eigenvalue weighted by Gasteiger charge is 2.32. The minimum atomic E-state index is -0.410. The van der Waals surface area contributed by atoms with E-state index < -0.39 is 6.04 Å². The summed E-state index contributed by atoms with van der Waals surface area (Å²) < 4.78 is 10.6. The SMILES string of the molecule is COc1cccc(CN2CCNC(=O)C2Cc2nc(-c3ccncc3)no2)n1. The summed E-state index contributed by atoms with van der Waals surface area (Å²) in [6, 6.07) is 8.81. The molecule has 1 N–H and O–H groups in total. The summed E-state index contributed by atoms with van der Waals surface area (Å²) in [6.45, 7) is 1.83. The van der Waals surface area contributed by atoms with Gasteiger partial charge in [0, 0.05) is 43.7 Å². The van der Waals surface area contributed by atoms with Crippen LogP contribution in [0.4, 0.5) is 0 Å². The third kappa shape index (κ3) is 3.99. The molecule has 1 aliphatic heterocycles. The Hall–Kier alpha value is -3.33. The first kappa shape index (κ1) is 18.1. The van der Waals surface area contributed by atoms with Gasteiger partial charge in [0.25, 0.3) is 0 Å². The van der Waals surface area contributed by atoms with Crippen LogP contribution in [0.15, 0.2) is 47.2 Å². The molecule has 0 spiro atoms. The van der Waals surface area contributed by atoms with Crippen molar-refractivity contribution in [3.05, 3.63) is 54.3 Å². The molecular formula is C19H20N6O3. The Labute approximate surface area is 161 Å². The lowest BCUT2D eigenvalue weighted by Gasteiger charge is -2.34. The maximum absolute atomic E-state index is 12.5. The van der Waals surface area contributed by atoms with Gasteiger partial charge < -0.3 is 14.6 Å². The summed E-state index contributed by atoms with van der Waals surface area (Å²) in [5, 5.41) is 6.92. The average Bonchev–Trinajstić information content (AvgIpc) is 3.20. The Morgan fingerprint density at radius 3 is 2.93 bits per heavy atom. The highest BCUT2D eigenvalue weighted by Crippen LogP contribution is 2.18. The number of rotatable bonds is 6. The summed E-state index contributed by atoms with van der Waals surface area (Å²) in [5.74, 6) is 1.39. The second-order valence-electron chi connectivity index (χ2n) is 6.40. The van der Waals surface area contributed by atoms with Gasteiger partial charge in [-0.25, -0.2) is 4.98 Å². The van der Waals surface area contributed by atoms with Gasteiger partial charge in [0.1, 0.15) is 0 Å². The second kappa shape index (κ2) is 8.13. The molecule has 0 aliphatic carbocycles. The number of carbonyl (C=O) groups is 1. The van der Waals surface area contributed by atoms with Gasteiger partial charge in [0.15, 0.2) is 0 Å². The lowest BCUT2D eigenvalue weighted by atomic mass is 10.1. The molecule has 3 aromatic heterocycles. The van der Waals surface area contributed by atoms with Crippen molar-refractivity contribution in [2.75, 3.05) is 20.2 Å². The van der Waals surface area contributed by atoms with Crippen LogP contribution in [0.25, 0.3) is 11.4 Å². The van der Waals surface area contributed by atoms with Gasteiger partial charge in [-0.15, -0.1) is 0 Å². The molecule has 1 unspecified atom stereocenters. The molecule has 0 aromatic carbocycles. The Bertz CT molecular complexity index is 946. The predicted octanol–water partition coefficient (Wildman–Crippen LogP) is 1.08. The van der Waals surface area contributed by atoms with Crippen LogP contribution < -0.4 is 10.1 Å². The lowest BCUT2D eigenvalue weighted by molar-refractivity contribution is -0.129. The van der Waals surface area contributed by atoms with E-state index in [-0.39, 0.29) is 5.91 Å². The van der Waals surface area contributed by atoms with Crippen molar-refractivity contribution < 1.29 is 14.1 Å². The molecule has 0 radical (unpaired) electrons. The number of methoxy groups -OCH3 is 1. The highest BCUT2D eigenvalue weighted by atomic mass is 16.5. The molecule has 0 saturated carbocycles. The number of ether oxygens (including phenoxy) is 1. The molecule has 9 nitrogen and oxygen atoms in total. The summed E-state index contributed by atoms with van der Waals surface area (Å²) in [5.41, 5.74) is 1.65. The number of nitrogens with zero attached hydrogens (tertiary/aromatic N) is 5. The molecule has 4 rings (SSSR count). The van der Waals surface area contributed by atoms with Crippen molar-refractivity contribution in [2.24, 2.45) is 0 Å². The number of aromatic nitrogens is 4. The first-order valence-electron chi connectivity index (χ1n) is 8.97. The van der Waals surface area contributed by atoms with Crippen LogP contribution in [0.2, 0.25) is 0 Å². The van der Waals surface area contributed by atoms with E-state index >= 15 is 0 Å². The number of hydrogen-bond donors (Lipinski definition) is 1. The van der Waals surface area contributed by atoms with E-state index in [1.54, 1.807) is 25.6 Å². The largest absolute Gasteiger partial charge is 0.481 e. The smallest absolute Gasteiger partial charge is 0.237 e. The average molecular weight is 380 g/mol. The molecule has 1 saturated heterocycles. The van der Waals surface area contributed by atoms with E-state index in [0.29, 0.717) is 43.7 Å². The topological polar surface area (TPSA) is 106 Å². The van der Waals surface area contributed by atoms with E-state index in [9.17, 15) is 4.79 Å². The van der Waals surface area contributed by atoms with Crippen LogP contribution in [-0.2, 0) is 17.8 Å². The van der Waals surface area contributed by atoms with Crippen LogP contribution >= 0.6 is 0 Å². The number of hydrogen-bond acceptors (Lipinski definition) is 8. The maximum atomic E-state index is 12.5. The van der Waals surface area contributed by atoms with E-state index in [1.165, 1.54) is 0 Å². The quantitative estimate of drug-likeness (QED) is 0.677. The van der Waals surface area contributed by atoms with Crippen LogP contribution in [-0.4, -0.2) is 57.2 Å². The van der Waals surface area contributed by atoms with Crippen molar-refractivity contribution in [3.8, 4) is 17.3 Å². The molecule has 1 atom stereocenters. The fourth-order valence-corrected chi connectivity index (χ4v) is 3.16. The van der Waals surface area contributed by atoms with Gasteiger partial charge in [-0.05, 0) is 18.2 Å². The fourth-order valence-electron chi connectivity index (χ4n) is 3.16. The van der Waals surface area contributed by atoms with Crippen molar-refractivity contribution in [3.63, 3.8) is 0 Å². The van der Waals surface area contributed by atoms with Gasteiger partial charge in [0.2, 0.25) is 23.5 Å². The van der Waals surface area contributed by atoms with Gasteiger partial charge in [-0.2, -0.15) is 4.98 Å². The van der Waals surface area contributed by atoms with Crippen molar-refractivity contribution >= 4 is 5.91 Å². The summed E-state index contributed by atoms with van der Waals surface area (Å²) in [6.07, 6.45) is 3.67. The van der Waals surface area contributed by atoms with E-state index in [2.05, 4.69) is 30.3 Å². The number of pyridine rings is 2. The maximum Gasteiger partial charge on any atom is 0.237 e. The van der Waals surface area contributed by atoms with Gasteiger partial charge >= 0.3 is 0 Å². The van der Waals surface area contributed by atoms with Crippen LogP contribution in [0, 0.1) is 0 Å². The molecule has 3 aromatic rings. The van der Waals surface area contributed by atoms with E-state index in [1.807, 2.05) is 24.3 Å². The Balaban J connectivity index is 1.51. The molecule has 9 heteroatoms. The zero-order valence-electron chi connectivity index (χ0n) is 15.4. The Kier molecular flexibility index (Phi) is 5.24. The van der Waals surface area contributed by atoms with Crippen molar-refractivity contribution in [1.82, 2.24) is 30.3 Å². The van der Waals surface area contributed by atoms with Gasteiger partial charge in [-0.3, -0.25) is 14.7 Å². The summed E-state index contributed by atoms with van der Waals surface area (Å²) >= 11 is 0. The molecule has 1 amide bonds. The second-order valence-corrected chi connectivity index (χ2v) is 6.40. The van der Waals surface area contributed by atoms with Crippen molar-refractivity contribution in [2.45, 2.75) is 19.0 Å². The third-order valence-electron chi connectivity index (χ3n) is 4.57. The first-order valence-corrected chi connectivity index (χ1v) is 8.97. The minimum absolute atomic E-state index is 0.0576. The van der Waals surface area contributed by atoms with Crippen LogP contribution in [0.3, 0.4) is 0 Å². The van der Waals surface area contributed by atoms with Crippen LogP contribution in [0.5, 0.6) is 5.88 Å². The normalized spacial score (nSPS) is 17.3. The summed E-state index contributed by atoms with van der Waals surface area (Å²) in [4.78, 5) is 27.4. The summed E-state index contributed by atoms with van der Waals surface area (Å²) in [7, 11) is 1.58. The fraction of sp³-hybridized carbons (Fsp3) is 0.316. The van der Waals surface area contributed by atoms with Crippen LogP contribution in [0.1, 0.15) is 11.6 Å².